The van der Waals surface area contributed by atoms with Crippen LogP contribution < -0.4 is 21.7 Å². The quantitative estimate of drug-likeness (QED) is 0.111. The highest BCUT2D eigenvalue weighted by molar-refractivity contribution is 5.96. The molecule has 8 N–H and O–H groups in total. The van der Waals surface area contributed by atoms with Crippen molar-refractivity contribution in [1.82, 2.24) is 20.6 Å². The van der Waals surface area contributed by atoms with Crippen molar-refractivity contribution in [3.8, 4) is 0 Å². The Labute approximate surface area is 262 Å². The first-order valence-electron chi connectivity index (χ1n) is 13.6. The van der Waals surface area contributed by atoms with Crippen LogP contribution in [-0.4, -0.2) is 68.4 Å². The second-order valence-electron chi connectivity index (χ2n) is 10.0. The number of aliphatic carboxylic acids is 2. The van der Waals surface area contributed by atoms with E-state index in [1.54, 1.807) is 12.1 Å². The SMILES string of the molecule is Cc1ccc2nc(C(=O)NCc3cccc(F)c3)nc(NC3CCCCC3NC(=N)N)c2c1.O=C(O)C(F)(F)F.O=C(O)C(F)(F)F. The van der Waals surface area contributed by atoms with Crippen molar-refractivity contribution in [3.63, 3.8) is 0 Å². The molecule has 12 nitrogen and oxygen atoms in total. The summed E-state index contributed by atoms with van der Waals surface area (Å²) in [4.78, 5) is 39.7. The molecule has 2 unspecified atom stereocenters. The Hall–Kier alpha value is -5.23. The summed E-state index contributed by atoms with van der Waals surface area (Å²) in [5, 5.41) is 32.0. The zero-order valence-corrected chi connectivity index (χ0v) is 24.5. The number of benzene rings is 2. The molecule has 2 aromatic carbocycles. The molecule has 1 saturated carbocycles. The number of alkyl halides is 6. The average Bonchev–Trinajstić information content (AvgIpc) is 2.96. The number of aryl methyl sites for hydroxylation is 1. The molecule has 4 rings (SSSR count). The number of guanidine groups is 1. The fourth-order valence-electron chi connectivity index (χ4n) is 4.21. The van der Waals surface area contributed by atoms with Gasteiger partial charge in [-0.2, -0.15) is 26.3 Å². The van der Waals surface area contributed by atoms with E-state index in [1.807, 2.05) is 25.1 Å². The van der Waals surface area contributed by atoms with Crippen molar-refractivity contribution in [2.45, 2.75) is 63.6 Å². The lowest BCUT2D eigenvalue weighted by Gasteiger charge is -2.33. The standard InChI is InChI=1S/C24H28FN7O.2C2HF3O2/c1-14-9-10-18-17(11-14)21(30-19-7-2-3-8-20(19)31-24(26)27)32-22(29-18)23(33)28-13-15-5-4-6-16(25)12-15;2*3-2(4,5)1(6)7/h4-6,9-12,19-20H,2-3,7-8,13H2,1H3,(H,28,33)(H4,26,27,31)(H,29,30,32);2*(H,6,7). The van der Waals surface area contributed by atoms with Gasteiger partial charge in [0.1, 0.15) is 11.6 Å². The minimum Gasteiger partial charge on any atom is -0.475 e. The summed E-state index contributed by atoms with van der Waals surface area (Å²) in [5.74, 6) is -5.76. The van der Waals surface area contributed by atoms with E-state index in [0.29, 0.717) is 16.9 Å². The van der Waals surface area contributed by atoms with Gasteiger partial charge >= 0.3 is 24.3 Å². The van der Waals surface area contributed by atoms with Crippen molar-refractivity contribution in [2.24, 2.45) is 5.73 Å². The highest BCUT2D eigenvalue weighted by Crippen LogP contribution is 2.27. The number of hydrogen-bond donors (Lipinski definition) is 7. The van der Waals surface area contributed by atoms with Crippen LogP contribution in [0, 0.1) is 18.2 Å². The third-order valence-electron chi connectivity index (χ3n) is 6.31. The molecular formula is C28H30F7N7O5. The minimum absolute atomic E-state index is 0.00340. The van der Waals surface area contributed by atoms with Crippen molar-refractivity contribution < 1.29 is 55.3 Å². The normalized spacial score (nSPS) is 16.0. The van der Waals surface area contributed by atoms with Gasteiger partial charge in [0.25, 0.3) is 5.91 Å². The van der Waals surface area contributed by atoms with Gasteiger partial charge in [-0.25, -0.2) is 23.9 Å². The molecule has 1 aliphatic carbocycles. The third-order valence-corrected chi connectivity index (χ3v) is 6.31. The predicted octanol–water partition coefficient (Wildman–Crippen LogP) is 4.48. The molecule has 1 aromatic heterocycles. The maximum Gasteiger partial charge on any atom is 0.490 e. The van der Waals surface area contributed by atoms with Crippen LogP contribution in [0.2, 0.25) is 0 Å². The Bertz CT molecular complexity index is 1560. The topological polar surface area (TPSA) is 203 Å². The Morgan fingerprint density at radius 2 is 1.51 bits per heavy atom. The molecule has 1 aliphatic rings. The first-order chi connectivity index (χ1) is 21.8. The monoisotopic (exact) mass is 677 g/mol. The third kappa shape index (κ3) is 12.6. The summed E-state index contributed by atoms with van der Waals surface area (Å²) < 4.78 is 76.9. The first-order valence-corrected chi connectivity index (χ1v) is 13.6. The van der Waals surface area contributed by atoms with Crippen molar-refractivity contribution >= 4 is 40.5 Å². The second kappa shape index (κ2) is 16.4. The van der Waals surface area contributed by atoms with Crippen LogP contribution in [-0.2, 0) is 16.1 Å². The Kier molecular flexibility index (Phi) is 13.2. The highest BCUT2D eigenvalue weighted by atomic mass is 19.4. The number of nitrogens with one attached hydrogen (secondary N) is 4. The zero-order valence-electron chi connectivity index (χ0n) is 24.5. The predicted molar refractivity (Wildman–Crippen MR) is 154 cm³/mol. The summed E-state index contributed by atoms with van der Waals surface area (Å²) >= 11 is 0. The van der Waals surface area contributed by atoms with Gasteiger partial charge in [-0.3, -0.25) is 10.2 Å². The molecule has 0 spiro atoms. The molecule has 1 heterocycles. The smallest absolute Gasteiger partial charge is 0.475 e. The number of carbonyl (C=O) groups is 3. The van der Waals surface area contributed by atoms with Crippen LogP contribution in [0.15, 0.2) is 42.5 Å². The number of carboxylic acid groups (broad SMARTS) is 2. The highest BCUT2D eigenvalue weighted by Gasteiger charge is 2.39. The number of hydrogen-bond acceptors (Lipinski definition) is 7. The largest absolute Gasteiger partial charge is 0.490 e. The lowest BCUT2D eigenvalue weighted by molar-refractivity contribution is -0.193. The molecule has 3 aromatic rings. The van der Waals surface area contributed by atoms with Gasteiger partial charge in [0, 0.05) is 24.0 Å². The van der Waals surface area contributed by atoms with E-state index in [9.17, 15) is 35.5 Å². The van der Waals surface area contributed by atoms with E-state index in [0.717, 1.165) is 36.6 Å². The summed E-state index contributed by atoms with van der Waals surface area (Å²) in [5.41, 5.74) is 7.95. The number of halogens is 7. The van der Waals surface area contributed by atoms with Crippen LogP contribution in [0.25, 0.3) is 10.9 Å². The van der Waals surface area contributed by atoms with Gasteiger partial charge in [0.15, 0.2) is 5.96 Å². The number of nitrogens with two attached hydrogens (primary N) is 1. The average molecular weight is 678 g/mol. The lowest BCUT2D eigenvalue weighted by atomic mass is 9.90. The van der Waals surface area contributed by atoms with E-state index < -0.39 is 30.2 Å². The Balaban J connectivity index is 0.000000459. The number of rotatable bonds is 6. The van der Waals surface area contributed by atoms with E-state index in [4.69, 9.17) is 30.9 Å². The summed E-state index contributed by atoms with van der Waals surface area (Å²) in [6, 6.07) is 11.9. The molecule has 0 saturated heterocycles. The van der Waals surface area contributed by atoms with Crippen LogP contribution >= 0.6 is 0 Å². The number of amides is 1. The van der Waals surface area contributed by atoms with Gasteiger partial charge in [-0.05, 0) is 49.6 Å². The molecule has 0 bridgehead atoms. The fraction of sp³-hybridized carbons (Fsp3) is 0.357. The Morgan fingerprint density at radius 1 is 0.936 bits per heavy atom. The molecule has 19 heteroatoms. The summed E-state index contributed by atoms with van der Waals surface area (Å²) in [6.07, 6.45) is -6.28. The first kappa shape index (κ1) is 38.0. The summed E-state index contributed by atoms with van der Waals surface area (Å²) in [7, 11) is 0. The van der Waals surface area contributed by atoms with E-state index in [1.165, 1.54) is 12.1 Å². The van der Waals surface area contributed by atoms with E-state index in [-0.39, 0.29) is 36.2 Å². The molecular weight excluding hydrogens is 647 g/mol. The fourth-order valence-corrected chi connectivity index (χ4v) is 4.21. The number of carboxylic acids is 2. The molecule has 0 radical (unpaired) electrons. The second-order valence-corrected chi connectivity index (χ2v) is 10.0. The van der Waals surface area contributed by atoms with Gasteiger partial charge in [0.05, 0.1) is 5.52 Å². The molecule has 256 valence electrons. The van der Waals surface area contributed by atoms with Crippen molar-refractivity contribution in [2.75, 3.05) is 5.32 Å². The number of carbonyl (C=O) groups excluding carboxylic acids is 1. The van der Waals surface area contributed by atoms with Gasteiger partial charge in [0.2, 0.25) is 5.82 Å². The van der Waals surface area contributed by atoms with E-state index in [2.05, 4.69) is 25.9 Å². The van der Waals surface area contributed by atoms with Gasteiger partial charge in [-0.15, -0.1) is 0 Å². The molecule has 2 atom stereocenters. The van der Waals surface area contributed by atoms with Crippen LogP contribution in [0.3, 0.4) is 0 Å². The van der Waals surface area contributed by atoms with Gasteiger partial charge in [-0.1, -0.05) is 36.6 Å². The maximum atomic E-state index is 13.4. The minimum atomic E-state index is -5.08. The van der Waals surface area contributed by atoms with Crippen molar-refractivity contribution in [1.29, 1.82) is 5.41 Å². The molecule has 47 heavy (non-hydrogen) atoms. The molecule has 0 aliphatic heterocycles. The van der Waals surface area contributed by atoms with Crippen molar-refractivity contribution in [3.05, 3.63) is 65.2 Å². The van der Waals surface area contributed by atoms with Crippen LogP contribution in [0.4, 0.5) is 36.6 Å². The van der Waals surface area contributed by atoms with E-state index >= 15 is 0 Å². The number of nitrogens with zero attached hydrogens (tertiary/aromatic N) is 2. The number of anilines is 1. The summed E-state index contributed by atoms with van der Waals surface area (Å²) in [6.45, 7) is 2.16. The number of aromatic nitrogens is 2. The molecule has 1 amide bonds. The Morgan fingerprint density at radius 3 is 2.04 bits per heavy atom. The lowest BCUT2D eigenvalue weighted by Crippen LogP contribution is -2.50. The zero-order chi connectivity index (χ0) is 35.5. The maximum absolute atomic E-state index is 13.4. The van der Waals surface area contributed by atoms with Crippen LogP contribution in [0.1, 0.15) is 47.4 Å². The van der Waals surface area contributed by atoms with Crippen LogP contribution in [0.5, 0.6) is 0 Å². The number of fused-ring (bicyclic) bond motifs is 1. The van der Waals surface area contributed by atoms with Gasteiger partial charge < -0.3 is 31.9 Å². The molecule has 1 fully saturated rings.